The summed E-state index contributed by atoms with van der Waals surface area (Å²) in [6.45, 7) is 0. The maximum absolute atomic E-state index is 13.8. The predicted molar refractivity (Wildman–Crippen MR) is 69.9 cm³/mol. The Morgan fingerprint density at radius 2 is 1.94 bits per heavy atom. The Morgan fingerprint density at radius 3 is 2.72 bits per heavy atom. The molecule has 2 N–H and O–H groups in total. The summed E-state index contributed by atoms with van der Waals surface area (Å²) >= 11 is 0. The normalized spacial score (nSPS) is 14.5. The van der Waals surface area contributed by atoms with Crippen LogP contribution in [0.2, 0.25) is 0 Å². The molecule has 0 aromatic heterocycles. The third kappa shape index (κ3) is 2.30. The van der Waals surface area contributed by atoms with Gasteiger partial charge in [-0.3, -0.25) is 0 Å². The smallest absolute Gasteiger partial charge is 0.131 e. The van der Waals surface area contributed by atoms with Crippen molar-refractivity contribution in [1.82, 2.24) is 0 Å². The van der Waals surface area contributed by atoms with Gasteiger partial charge in [-0.25, -0.2) is 4.39 Å². The molecule has 1 saturated carbocycles. The van der Waals surface area contributed by atoms with Gasteiger partial charge >= 0.3 is 0 Å². The van der Waals surface area contributed by atoms with Crippen LogP contribution in [0.4, 0.5) is 10.1 Å². The van der Waals surface area contributed by atoms with Crippen molar-refractivity contribution < 1.29 is 9.13 Å². The summed E-state index contributed by atoms with van der Waals surface area (Å²) in [5.74, 6) is 0.518. The van der Waals surface area contributed by atoms with Crippen molar-refractivity contribution in [2.24, 2.45) is 0 Å². The molecule has 0 aliphatic heterocycles. The standard InChI is InChI=1S/C15H14FNO/c16-15-7-4-11(17)9-14(15)10-2-1-3-13(8-10)18-12-5-6-12/h1-4,7-9,12H,5-6,17H2. The Bertz CT molecular complexity index is 578. The van der Waals surface area contributed by atoms with Crippen molar-refractivity contribution >= 4 is 5.69 Å². The van der Waals surface area contributed by atoms with Crippen LogP contribution in [0.1, 0.15) is 12.8 Å². The van der Waals surface area contributed by atoms with Crippen LogP contribution in [0.5, 0.6) is 5.75 Å². The molecule has 0 unspecified atom stereocenters. The lowest BCUT2D eigenvalue weighted by Crippen LogP contribution is -1.96. The third-order valence-electron chi connectivity index (χ3n) is 2.96. The summed E-state index contributed by atoms with van der Waals surface area (Å²) < 4.78 is 19.5. The number of benzene rings is 2. The lowest BCUT2D eigenvalue weighted by Gasteiger charge is -2.08. The number of nitrogen functional groups attached to an aromatic ring is 1. The Labute approximate surface area is 105 Å². The number of ether oxygens (including phenoxy) is 1. The summed E-state index contributed by atoms with van der Waals surface area (Å²) in [6, 6.07) is 12.1. The van der Waals surface area contributed by atoms with E-state index in [1.54, 1.807) is 12.1 Å². The highest BCUT2D eigenvalue weighted by Crippen LogP contribution is 2.31. The second kappa shape index (κ2) is 4.33. The van der Waals surface area contributed by atoms with Crippen molar-refractivity contribution in [1.29, 1.82) is 0 Å². The second-order valence-electron chi connectivity index (χ2n) is 4.58. The molecule has 1 fully saturated rings. The van der Waals surface area contributed by atoms with Crippen LogP contribution in [-0.4, -0.2) is 6.10 Å². The van der Waals surface area contributed by atoms with Gasteiger partial charge in [0, 0.05) is 11.3 Å². The van der Waals surface area contributed by atoms with Crippen LogP contribution in [-0.2, 0) is 0 Å². The summed E-state index contributed by atoms with van der Waals surface area (Å²) in [5.41, 5.74) is 7.55. The molecule has 0 saturated heterocycles. The zero-order valence-electron chi connectivity index (χ0n) is 9.90. The van der Waals surface area contributed by atoms with E-state index in [0.717, 1.165) is 24.2 Å². The van der Waals surface area contributed by atoms with Gasteiger partial charge in [0.1, 0.15) is 11.6 Å². The minimum absolute atomic E-state index is 0.271. The van der Waals surface area contributed by atoms with Crippen LogP contribution in [0.3, 0.4) is 0 Å². The molecule has 0 radical (unpaired) electrons. The van der Waals surface area contributed by atoms with Gasteiger partial charge in [-0.15, -0.1) is 0 Å². The average molecular weight is 243 g/mol. The molecule has 0 amide bonds. The Hall–Kier alpha value is -2.03. The SMILES string of the molecule is Nc1ccc(F)c(-c2cccc(OC3CC3)c2)c1. The molecule has 2 nitrogen and oxygen atoms in total. The fourth-order valence-corrected chi connectivity index (χ4v) is 1.88. The quantitative estimate of drug-likeness (QED) is 0.836. The number of hydrogen-bond acceptors (Lipinski definition) is 2. The lowest BCUT2D eigenvalue weighted by atomic mass is 10.0. The van der Waals surface area contributed by atoms with Gasteiger partial charge in [-0.05, 0) is 48.7 Å². The first-order valence-electron chi connectivity index (χ1n) is 6.04. The van der Waals surface area contributed by atoms with Crippen LogP contribution in [0, 0.1) is 5.82 Å². The zero-order valence-corrected chi connectivity index (χ0v) is 9.90. The minimum Gasteiger partial charge on any atom is -0.490 e. The van der Waals surface area contributed by atoms with Gasteiger partial charge in [-0.2, -0.15) is 0 Å². The van der Waals surface area contributed by atoms with E-state index in [4.69, 9.17) is 10.5 Å². The van der Waals surface area contributed by atoms with Crippen molar-refractivity contribution in [3.63, 3.8) is 0 Å². The maximum Gasteiger partial charge on any atom is 0.131 e. The molecule has 3 rings (SSSR count). The molecular weight excluding hydrogens is 229 g/mol. The van der Waals surface area contributed by atoms with E-state index in [1.165, 1.54) is 6.07 Å². The first-order chi connectivity index (χ1) is 8.72. The number of halogens is 1. The van der Waals surface area contributed by atoms with Gasteiger partial charge in [0.15, 0.2) is 0 Å². The molecule has 1 aliphatic rings. The molecule has 1 aliphatic carbocycles. The number of hydrogen-bond donors (Lipinski definition) is 1. The number of rotatable bonds is 3. The Balaban J connectivity index is 1.96. The maximum atomic E-state index is 13.8. The molecule has 0 atom stereocenters. The molecule has 0 heterocycles. The Kier molecular flexibility index (Phi) is 2.67. The van der Waals surface area contributed by atoms with Crippen molar-refractivity contribution in [3.05, 3.63) is 48.3 Å². The summed E-state index contributed by atoms with van der Waals surface area (Å²) in [5, 5.41) is 0. The third-order valence-corrected chi connectivity index (χ3v) is 2.96. The van der Waals surface area contributed by atoms with E-state index in [2.05, 4.69) is 0 Å². The van der Waals surface area contributed by atoms with E-state index in [0.29, 0.717) is 17.4 Å². The molecule has 18 heavy (non-hydrogen) atoms. The molecule has 92 valence electrons. The Morgan fingerprint density at radius 1 is 1.11 bits per heavy atom. The minimum atomic E-state index is -0.271. The monoisotopic (exact) mass is 243 g/mol. The van der Waals surface area contributed by atoms with Gasteiger partial charge < -0.3 is 10.5 Å². The van der Waals surface area contributed by atoms with Gasteiger partial charge in [0.25, 0.3) is 0 Å². The van der Waals surface area contributed by atoms with Gasteiger partial charge in [0.05, 0.1) is 6.10 Å². The summed E-state index contributed by atoms with van der Waals surface area (Å²) in [4.78, 5) is 0. The van der Waals surface area contributed by atoms with Crippen LogP contribution >= 0.6 is 0 Å². The highest BCUT2D eigenvalue weighted by Gasteiger charge is 2.23. The highest BCUT2D eigenvalue weighted by atomic mass is 19.1. The number of nitrogens with two attached hydrogens (primary N) is 1. The van der Waals surface area contributed by atoms with Crippen LogP contribution in [0.15, 0.2) is 42.5 Å². The van der Waals surface area contributed by atoms with Crippen molar-refractivity contribution in [3.8, 4) is 16.9 Å². The molecule has 2 aromatic carbocycles. The van der Waals surface area contributed by atoms with Crippen LogP contribution in [0.25, 0.3) is 11.1 Å². The predicted octanol–water partition coefficient (Wildman–Crippen LogP) is 3.62. The van der Waals surface area contributed by atoms with E-state index in [9.17, 15) is 4.39 Å². The molecule has 2 aromatic rings. The molecular formula is C15H14FNO. The van der Waals surface area contributed by atoms with Gasteiger partial charge in [-0.1, -0.05) is 12.1 Å². The fourth-order valence-electron chi connectivity index (χ4n) is 1.88. The second-order valence-corrected chi connectivity index (χ2v) is 4.58. The van der Waals surface area contributed by atoms with E-state index in [-0.39, 0.29) is 5.82 Å². The fraction of sp³-hybridized carbons (Fsp3) is 0.200. The molecule has 0 bridgehead atoms. The molecule has 3 heteroatoms. The van der Waals surface area contributed by atoms with E-state index >= 15 is 0 Å². The summed E-state index contributed by atoms with van der Waals surface area (Å²) in [7, 11) is 0. The first kappa shape index (κ1) is 11.1. The summed E-state index contributed by atoms with van der Waals surface area (Å²) in [6.07, 6.45) is 2.55. The lowest BCUT2D eigenvalue weighted by molar-refractivity contribution is 0.303. The highest BCUT2D eigenvalue weighted by molar-refractivity contribution is 5.69. The largest absolute Gasteiger partial charge is 0.490 e. The van der Waals surface area contributed by atoms with Crippen molar-refractivity contribution in [2.45, 2.75) is 18.9 Å². The number of anilines is 1. The average Bonchev–Trinajstić information content (AvgIpc) is 3.16. The zero-order chi connectivity index (χ0) is 12.5. The molecule has 0 spiro atoms. The van der Waals surface area contributed by atoms with E-state index < -0.39 is 0 Å². The topological polar surface area (TPSA) is 35.2 Å². The van der Waals surface area contributed by atoms with Gasteiger partial charge in [0.2, 0.25) is 0 Å². The van der Waals surface area contributed by atoms with E-state index in [1.807, 2.05) is 24.3 Å². The first-order valence-corrected chi connectivity index (χ1v) is 6.04. The van der Waals surface area contributed by atoms with Crippen molar-refractivity contribution in [2.75, 3.05) is 5.73 Å². The van der Waals surface area contributed by atoms with Crippen LogP contribution < -0.4 is 10.5 Å².